The standard InChI is InChI=1S/C12H12ClFN2S/c1-7-12(17-8(2)16-7)6-15-11-4-9(13)3-10(14)5-11/h3-5,15H,6H2,1-2H3. The third-order valence-electron chi connectivity index (χ3n) is 2.32. The summed E-state index contributed by atoms with van der Waals surface area (Å²) in [6.45, 7) is 4.58. The molecule has 1 heterocycles. The summed E-state index contributed by atoms with van der Waals surface area (Å²) < 4.78 is 13.1. The minimum absolute atomic E-state index is 0.336. The average molecular weight is 271 g/mol. The van der Waals surface area contributed by atoms with Crippen LogP contribution >= 0.6 is 22.9 Å². The van der Waals surface area contributed by atoms with E-state index in [4.69, 9.17) is 11.6 Å². The van der Waals surface area contributed by atoms with Crippen molar-refractivity contribution in [2.75, 3.05) is 5.32 Å². The molecule has 17 heavy (non-hydrogen) atoms. The van der Waals surface area contributed by atoms with Crippen LogP contribution in [0.15, 0.2) is 18.2 Å². The van der Waals surface area contributed by atoms with Gasteiger partial charge < -0.3 is 5.32 Å². The van der Waals surface area contributed by atoms with Gasteiger partial charge in [0.1, 0.15) is 5.82 Å². The fourth-order valence-corrected chi connectivity index (χ4v) is 2.67. The van der Waals surface area contributed by atoms with Crippen molar-refractivity contribution in [3.63, 3.8) is 0 Å². The zero-order valence-electron chi connectivity index (χ0n) is 9.55. The molecule has 0 atom stereocenters. The molecule has 2 aromatic rings. The van der Waals surface area contributed by atoms with E-state index in [1.807, 2.05) is 13.8 Å². The van der Waals surface area contributed by atoms with Gasteiger partial charge in [-0.05, 0) is 32.0 Å². The summed E-state index contributed by atoms with van der Waals surface area (Å²) in [5.74, 6) is -0.336. The third-order valence-corrected chi connectivity index (χ3v) is 3.61. The minimum atomic E-state index is -0.336. The van der Waals surface area contributed by atoms with Crippen LogP contribution in [-0.4, -0.2) is 4.98 Å². The Hall–Kier alpha value is -1.13. The molecule has 0 amide bonds. The molecule has 0 aliphatic rings. The number of benzene rings is 1. The van der Waals surface area contributed by atoms with Crippen LogP contribution in [0.1, 0.15) is 15.6 Å². The van der Waals surface area contributed by atoms with E-state index in [0.717, 1.165) is 15.6 Å². The Morgan fingerprint density at radius 2 is 2.12 bits per heavy atom. The molecular formula is C12H12ClFN2S. The first-order valence-corrected chi connectivity index (χ1v) is 6.37. The van der Waals surface area contributed by atoms with E-state index in [2.05, 4.69) is 10.3 Å². The molecular weight excluding hydrogens is 259 g/mol. The van der Waals surface area contributed by atoms with Crippen LogP contribution in [0.3, 0.4) is 0 Å². The highest BCUT2D eigenvalue weighted by Gasteiger charge is 2.05. The maximum Gasteiger partial charge on any atom is 0.126 e. The maximum atomic E-state index is 13.1. The van der Waals surface area contributed by atoms with Crippen molar-refractivity contribution in [3.05, 3.63) is 44.6 Å². The van der Waals surface area contributed by atoms with Gasteiger partial charge in [0.25, 0.3) is 0 Å². The highest BCUT2D eigenvalue weighted by Crippen LogP contribution is 2.21. The van der Waals surface area contributed by atoms with Gasteiger partial charge in [0.05, 0.1) is 17.2 Å². The Labute approximate surface area is 108 Å². The summed E-state index contributed by atoms with van der Waals surface area (Å²) in [6.07, 6.45) is 0. The summed E-state index contributed by atoms with van der Waals surface area (Å²) >= 11 is 7.42. The zero-order valence-corrected chi connectivity index (χ0v) is 11.1. The Balaban J connectivity index is 2.09. The van der Waals surface area contributed by atoms with E-state index < -0.39 is 0 Å². The predicted molar refractivity (Wildman–Crippen MR) is 70.3 cm³/mol. The lowest BCUT2D eigenvalue weighted by Gasteiger charge is -2.06. The molecule has 0 radical (unpaired) electrons. The Morgan fingerprint density at radius 3 is 2.71 bits per heavy atom. The number of hydrogen-bond acceptors (Lipinski definition) is 3. The van der Waals surface area contributed by atoms with Crippen molar-refractivity contribution in [2.24, 2.45) is 0 Å². The highest BCUT2D eigenvalue weighted by molar-refractivity contribution is 7.11. The lowest BCUT2D eigenvalue weighted by molar-refractivity contribution is 0.628. The second-order valence-corrected chi connectivity index (χ2v) is 5.48. The number of thiazole rings is 1. The van der Waals surface area contributed by atoms with Gasteiger partial charge in [0.2, 0.25) is 0 Å². The lowest BCUT2D eigenvalue weighted by Crippen LogP contribution is -1.99. The van der Waals surface area contributed by atoms with Crippen LogP contribution in [0.2, 0.25) is 5.02 Å². The van der Waals surface area contributed by atoms with Crippen LogP contribution in [0.4, 0.5) is 10.1 Å². The molecule has 0 saturated heterocycles. The van der Waals surface area contributed by atoms with E-state index in [-0.39, 0.29) is 5.82 Å². The van der Waals surface area contributed by atoms with Gasteiger partial charge in [0, 0.05) is 15.6 Å². The Morgan fingerprint density at radius 1 is 1.35 bits per heavy atom. The van der Waals surface area contributed by atoms with Gasteiger partial charge in [0.15, 0.2) is 0 Å². The van der Waals surface area contributed by atoms with E-state index in [1.165, 1.54) is 12.1 Å². The van der Waals surface area contributed by atoms with Gasteiger partial charge in [-0.1, -0.05) is 11.6 Å². The van der Waals surface area contributed by atoms with Crippen molar-refractivity contribution >= 4 is 28.6 Å². The first kappa shape index (κ1) is 12.3. The van der Waals surface area contributed by atoms with E-state index in [0.29, 0.717) is 17.3 Å². The quantitative estimate of drug-likeness (QED) is 0.906. The third kappa shape index (κ3) is 3.17. The topological polar surface area (TPSA) is 24.9 Å². The van der Waals surface area contributed by atoms with Crippen molar-refractivity contribution in [1.29, 1.82) is 0 Å². The van der Waals surface area contributed by atoms with Crippen molar-refractivity contribution < 1.29 is 4.39 Å². The number of anilines is 1. The van der Waals surface area contributed by atoms with Crippen LogP contribution in [0.25, 0.3) is 0 Å². The first-order chi connectivity index (χ1) is 8.04. The summed E-state index contributed by atoms with van der Waals surface area (Å²) in [4.78, 5) is 5.49. The largest absolute Gasteiger partial charge is 0.380 e. The fraction of sp³-hybridized carbons (Fsp3) is 0.250. The molecule has 0 bridgehead atoms. The summed E-state index contributed by atoms with van der Waals surface area (Å²) in [5, 5.41) is 4.57. The average Bonchev–Trinajstić information content (AvgIpc) is 2.53. The van der Waals surface area contributed by atoms with Crippen LogP contribution < -0.4 is 5.32 Å². The van der Waals surface area contributed by atoms with Crippen LogP contribution in [0.5, 0.6) is 0 Å². The van der Waals surface area contributed by atoms with Crippen molar-refractivity contribution in [2.45, 2.75) is 20.4 Å². The lowest BCUT2D eigenvalue weighted by atomic mass is 10.3. The molecule has 0 aliphatic carbocycles. The van der Waals surface area contributed by atoms with Gasteiger partial charge >= 0.3 is 0 Å². The van der Waals surface area contributed by atoms with Gasteiger partial charge in [-0.25, -0.2) is 9.37 Å². The molecule has 2 nitrogen and oxygen atoms in total. The van der Waals surface area contributed by atoms with Gasteiger partial charge in [-0.2, -0.15) is 0 Å². The van der Waals surface area contributed by atoms with Gasteiger partial charge in [-0.3, -0.25) is 0 Å². The number of nitrogens with one attached hydrogen (secondary N) is 1. The van der Waals surface area contributed by atoms with E-state index in [9.17, 15) is 4.39 Å². The number of halogens is 2. The number of nitrogens with zero attached hydrogens (tertiary/aromatic N) is 1. The first-order valence-electron chi connectivity index (χ1n) is 5.17. The SMILES string of the molecule is Cc1nc(C)c(CNc2cc(F)cc(Cl)c2)s1. The number of hydrogen-bond donors (Lipinski definition) is 1. The molecule has 0 unspecified atom stereocenters. The molecule has 5 heteroatoms. The molecule has 90 valence electrons. The number of aromatic nitrogens is 1. The second-order valence-electron chi connectivity index (χ2n) is 3.75. The molecule has 1 N–H and O–H groups in total. The highest BCUT2D eigenvalue weighted by atomic mass is 35.5. The minimum Gasteiger partial charge on any atom is -0.380 e. The normalized spacial score (nSPS) is 10.6. The maximum absolute atomic E-state index is 13.1. The van der Waals surface area contributed by atoms with E-state index in [1.54, 1.807) is 17.4 Å². The molecule has 0 aliphatic heterocycles. The van der Waals surface area contributed by atoms with Crippen LogP contribution in [-0.2, 0) is 6.54 Å². The number of aryl methyl sites for hydroxylation is 2. The summed E-state index contributed by atoms with van der Waals surface area (Å²) in [5.41, 5.74) is 1.70. The zero-order chi connectivity index (χ0) is 12.4. The Kier molecular flexibility index (Phi) is 3.64. The molecule has 0 fully saturated rings. The fourth-order valence-electron chi connectivity index (χ4n) is 1.58. The Bertz CT molecular complexity index is 519. The van der Waals surface area contributed by atoms with Gasteiger partial charge in [-0.15, -0.1) is 11.3 Å². The van der Waals surface area contributed by atoms with Crippen molar-refractivity contribution in [1.82, 2.24) is 4.98 Å². The molecule has 0 saturated carbocycles. The monoisotopic (exact) mass is 270 g/mol. The molecule has 1 aromatic carbocycles. The predicted octanol–water partition coefficient (Wildman–Crippen LogP) is 4.16. The summed E-state index contributed by atoms with van der Waals surface area (Å²) in [7, 11) is 0. The van der Waals surface area contributed by atoms with Crippen molar-refractivity contribution in [3.8, 4) is 0 Å². The summed E-state index contributed by atoms with van der Waals surface area (Å²) in [6, 6.07) is 4.41. The molecule has 0 spiro atoms. The smallest absolute Gasteiger partial charge is 0.126 e. The molecule has 2 rings (SSSR count). The van der Waals surface area contributed by atoms with Crippen LogP contribution in [0, 0.1) is 19.7 Å². The second kappa shape index (κ2) is 5.02. The molecule has 1 aromatic heterocycles. The van der Waals surface area contributed by atoms with E-state index >= 15 is 0 Å². The number of rotatable bonds is 3.